The molecular formula is C28H34N8O2. The molecule has 38 heavy (non-hydrogen) atoms. The number of aromatic nitrogens is 4. The fraction of sp³-hybridized carbons (Fsp3) is 0.286. The van der Waals surface area contributed by atoms with Crippen molar-refractivity contribution in [1.82, 2.24) is 24.4 Å². The summed E-state index contributed by atoms with van der Waals surface area (Å²) in [5, 5.41) is 7.20. The summed E-state index contributed by atoms with van der Waals surface area (Å²) in [6.45, 7) is 8.16. The standard InChI is InChI=1S/C28H34N8O2/c1-7-25(37)30-22-17-23(27(38-6)33-26(22)35(4)16-15-34(3)8-2)32-28-29-14-13-21(31-28)20-18-36(5)24-12-10-9-11-19(20)24/h7,9-14,17-18H,1,8,15-16H2,2-6H3,(H,30,37)(H,29,31,32). The van der Waals surface area contributed by atoms with E-state index in [4.69, 9.17) is 14.7 Å². The molecule has 198 valence electrons. The number of hydrogen-bond acceptors (Lipinski definition) is 8. The minimum Gasteiger partial charge on any atom is -0.479 e. The van der Waals surface area contributed by atoms with Crippen molar-refractivity contribution in [3.05, 3.63) is 61.4 Å². The van der Waals surface area contributed by atoms with Crippen molar-refractivity contribution < 1.29 is 9.53 Å². The average Bonchev–Trinajstić information content (AvgIpc) is 3.28. The molecule has 0 aliphatic carbocycles. The van der Waals surface area contributed by atoms with Crippen LogP contribution < -0.4 is 20.3 Å². The number of rotatable bonds is 11. The van der Waals surface area contributed by atoms with Crippen molar-refractivity contribution in [1.29, 1.82) is 0 Å². The molecule has 0 fully saturated rings. The lowest BCUT2D eigenvalue weighted by molar-refractivity contribution is -0.111. The number of benzene rings is 1. The van der Waals surface area contributed by atoms with Crippen molar-refractivity contribution in [2.45, 2.75) is 6.92 Å². The number of carbonyl (C=O) groups is 1. The zero-order valence-electron chi connectivity index (χ0n) is 22.5. The van der Waals surface area contributed by atoms with Crippen molar-refractivity contribution in [2.75, 3.05) is 56.4 Å². The number of nitrogens with zero attached hydrogens (tertiary/aromatic N) is 6. The van der Waals surface area contributed by atoms with E-state index in [0.29, 0.717) is 35.6 Å². The average molecular weight is 515 g/mol. The Kier molecular flexibility index (Phi) is 8.22. The van der Waals surface area contributed by atoms with Gasteiger partial charge in [0.05, 0.1) is 18.5 Å². The molecule has 0 saturated heterocycles. The normalized spacial score (nSPS) is 11.0. The van der Waals surface area contributed by atoms with Crippen LogP contribution in [0, 0.1) is 0 Å². The van der Waals surface area contributed by atoms with E-state index < -0.39 is 0 Å². The zero-order chi connectivity index (χ0) is 27.2. The van der Waals surface area contributed by atoms with Gasteiger partial charge in [-0.25, -0.2) is 9.97 Å². The molecule has 0 bridgehead atoms. The van der Waals surface area contributed by atoms with Crippen LogP contribution in [0.2, 0.25) is 0 Å². The van der Waals surface area contributed by atoms with Gasteiger partial charge in [0.25, 0.3) is 0 Å². The number of aryl methyl sites for hydroxylation is 1. The second kappa shape index (κ2) is 11.7. The van der Waals surface area contributed by atoms with E-state index in [0.717, 1.165) is 35.2 Å². The molecule has 3 heterocycles. The Morgan fingerprint density at radius 2 is 1.95 bits per heavy atom. The van der Waals surface area contributed by atoms with E-state index in [9.17, 15) is 4.79 Å². The summed E-state index contributed by atoms with van der Waals surface area (Å²) in [6, 6.07) is 11.8. The molecule has 0 aliphatic rings. The Hall–Kier alpha value is -4.44. The summed E-state index contributed by atoms with van der Waals surface area (Å²) in [6.07, 6.45) is 4.99. The molecule has 0 unspecified atom stereocenters. The molecule has 4 aromatic rings. The van der Waals surface area contributed by atoms with Crippen LogP contribution in [0.5, 0.6) is 5.88 Å². The first-order chi connectivity index (χ1) is 18.3. The molecule has 0 radical (unpaired) electrons. The molecule has 10 heteroatoms. The number of hydrogen-bond donors (Lipinski definition) is 2. The van der Waals surface area contributed by atoms with Gasteiger partial charge in [0.15, 0.2) is 5.82 Å². The minimum atomic E-state index is -0.336. The largest absolute Gasteiger partial charge is 0.479 e. The van der Waals surface area contributed by atoms with Gasteiger partial charge in [-0.05, 0) is 37.9 Å². The lowest BCUT2D eigenvalue weighted by Gasteiger charge is -2.25. The van der Waals surface area contributed by atoms with E-state index in [1.54, 1.807) is 19.4 Å². The van der Waals surface area contributed by atoms with Crippen LogP contribution in [0.1, 0.15) is 6.92 Å². The molecule has 3 aromatic heterocycles. The van der Waals surface area contributed by atoms with Crippen molar-refractivity contribution >= 4 is 40.0 Å². The number of carbonyl (C=O) groups excluding carboxylic acids is 1. The van der Waals surface area contributed by atoms with Crippen molar-refractivity contribution in [2.24, 2.45) is 7.05 Å². The molecule has 4 rings (SSSR count). The number of methoxy groups -OCH3 is 1. The van der Waals surface area contributed by atoms with Crippen LogP contribution in [-0.4, -0.2) is 71.2 Å². The molecular weight excluding hydrogens is 480 g/mol. The maximum absolute atomic E-state index is 12.2. The summed E-state index contributed by atoms with van der Waals surface area (Å²) in [5.74, 6) is 0.976. The van der Waals surface area contributed by atoms with Crippen LogP contribution >= 0.6 is 0 Å². The van der Waals surface area contributed by atoms with Crippen molar-refractivity contribution in [3.8, 4) is 17.1 Å². The first-order valence-electron chi connectivity index (χ1n) is 12.4. The third-order valence-electron chi connectivity index (χ3n) is 6.40. The van der Waals surface area contributed by atoms with Gasteiger partial charge in [-0.3, -0.25) is 4.79 Å². The third-order valence-corrected chi connectivity index (χ3v) is 6.40. The predicted octanol–water partition coefficient (Wildman–Crippen LogP) is 4.29. The van der Waals surface area contributed by atoms with Gasteiger partial charge in [-0.1, -0.05) is 31.7 Å². The number of nitrogens with one attached hydrogen (secondary N) is 2. The summed E-state index contributed by atoms with van der Waals surface area (Å²) in [7, 11) is 7.55. The number of anilines is 4. The van der Waals surface area contributed by atoms with Crippen LogP contribution in [0.15, 0.2) is 61.4 Å². The molecule has 2 N–H and O–H groups in total. The molecule has 0 atom stereocenters. The molecule has 0 spiro atoms. The van der Waals surface area contributed by atoms with E-state index in [1.807, 2.05) is 37.2 Å². The second-order valence-corrected chi connectivity index (χ2v) is 8.99. The highest BCUT2D eigenvalue weighted by atomic mass is 16.5. The fourth-order valence-corrected chi connectivity index (χ4v) is 4.12. The molecule has 0 saturated carbocycles. The van der Waals surface area contributed by atoms with Gasteiger partial charge in [0.2, 0.25) is 17.7 Å². The predicted molar refractivity (Wildman–Crippen MR) is 153 cm³/mol. The van der Waals surface area contributed by atoms with E-state index >= 15 is 0 Å². The van der Waals surface area contributed by atoms with Gasteiger partial charge in [0.1, 0.15) is 5.69 Å². The topological polar surface area (TPSA) is 100 Å². The lowest BCUT2D eigenvalue weighted by atomic mass is 10.1. The van der Waals surface area contributed by atoms with Gasteiger partial charge < -0.3 is 29.7 Å². The number of para-hydroxylation sites is 1. The van der Waals surface area contributed by atoms with E-state index in [1.165, 1.54) is 6.08 Å². The lowest BCUT2D eigenvalue weighted by Crippen LogP contribution is -2.31. The van der Waals surface area contributed by atoms with E-state index in [2.05, 4.69) is 64.0 Å². The van der Waals surface area contributed by atoms with Crippen LogP contribution in [-0.2, 0) is 11.8 Å². The number of pyridine rings is 1. The maximum Gasteiger partial charge on any atom is 0.247 e. The van der Waals surface area contributed by atoms with Crippen LogP contribution in [0.4, 0.5) is 23.1 Å². The Balaban J connectivity index is 1.69. The van der Waals surface area contributed by atoms with Gasteiger partial charge in [0, 0.05) is 56.0 Å². The second-order valence-electron chi connectivity index (χ2n) is 8.99. The highest BCUT2D eigenvalue weighted by molar-refractivity contribution is 6.01. The maximum atomic E-state index is 12.2. The Labute approximate surface area is 223 Å². The SMILES string of the molecule is C=CC(=O)Nc1cc(Nc2nccc(-c3cn(C)c4ccccc34)n2)c(OC)nc1N(C)CCN(C)CC. The van der Waals surface area contributed by atoms with Gasteiger partial charge in [-0.2, -0.15) is 4.98 Å². The monoisotopic (exact) mass is 514 g/mol. The van der Waals surface area contributed by atoms with Crippen LogP contribution in [0.3, 0.4) is 0 Å². The molecule has 1 aromatic carbocycles. The highest BCUT2D eigenvalue weighted by Crippen LogP contribution is 2.35. The quantitative estimate of drug-likeness (QED) is 0.286. The Morgan fingerprint density at radius 3 is 2.68 bits per heavy atom. The summed E-state index contributed by atoms with van der Waals surface area (Å²) >= 11 is 0. The van der Waals surface area contributed by atoms with Gasteiger partial charge >= 0.3 is 0 Å². The molecule has 1 amide bonds. The molecule has 0 aliphatic heterocycles. The third kappa shape index (κ3) is 5.76. The Morgan fingerprint density at radius 1 is 1.16 bits per heavy atom. The number of likely N-dealkylation sites (N-methyl/N-ethyl adjacent to an activating group) is 2. The summed E-state index contributed by atoms with van der Waals surface area (Å²) < 4.78 is 7.69. The molecule has 10 nitrogen and oxygen atoms in total. The summed E-state index contributed by atoms with van der Waals surface area (Å²) in [4.78, 5) is 30.3. The summed E-state index contributed by atoms with van der Waals surface area (Å²) in [5.41, 5.74) is 3.94. The Bertz CT molecular complexity index is 1450. The zero-order valence-corrected chi connectivity index (χ0v) is 22.5. The first kappa shape index (κ1) is 26.6. The minimum absolute atomic E-state index is 0.336. The van der Waals surface area contributed by atoms with Crippen LogP contribution in [0.25, 0.3) is 22.2 Å². The van der Waals surface area contributed by atoms with Gasteiger partial charge in [-0.15, -0.1) is 0 Å². The van der Waals surface area contributed by atoms with E-state index in [-0.39, 0.29) is 5.91 Å². The first-order valence-corrected chi connectivity index (χ1v) is 12.4. The number of fused-ring (bicyclic) bond motifs is 1. The smallest absolute Gasteiger partial charge is 0.247 e. The number of amides is 1. The van der Waals surface area contributed by atoms with Crippen molar-refractivity contribution in [3.63, 3.8) is 0 Å². The fourth-order valence-electron chi connectivity index (χ4n) is 4.12. The highest BCUT2D eigenvalue weighted by Gasteiger charge is 2.19. The number of ether oxygens (including phenoxy) is 1.